The van der Waals surface area contributed by atoms with Gasteiger partial charge in [-0.25, -0.2) is 4.79 Å². The van der Waals surface area contributed by atoms with Crippen molar-refractivity contribution >= 4 is 12.2 Å². The first-order chi connectivity index (χ1) is 6.27. The molecule has 0 amide bonds. The minimum Gasteiger partial charge on any atom is -0.478 e. The van der Waals surface area contributed by atoms with Crippen LogP contribution in [-0.2, 0) is 13.0 Å². The molecule has 1 aliphatic rings. The summed E-state index contributed by atoms with van der Waals surface area (Å²) in [5, 5.41) is 8.75. The number of carbonyl (C=O) groups is 1. The van der Waals surface area contributed by atoms with Gasteiger partial charge in [0.2, 0.25) is 0 Å². The molecule has 0 saturated heterocycles. The molecule has 0 bridgehead atoms. The van der Waals surface area contributed by atoms with E-state index in [9.17, 15) is 4.79 Å². The van der Waals surface area contributed by atoms with Crippen LogP contribution < -0.4 is 0 Å². The number of aromatic carboxylic acids is 1. The molecule has 1 aromatic rings. The van der Waals surface area contributed by atoms with E-state index in [2.05, 4.69) is 4.99 Å². The number of fused-ring (bicyclic) bond motifs is 1. The fourth-order valence-electron chi connectivity index (χ4n) is 1.43. The second-order valence-electron chi connectivity index (χ2n) is 3.02. The fraction of sp³-hybridized carbons (Fsp3) is 0.200. The maximum absolute atomic E-state index is 10.6. The summed E-state index contributed by atoms with van der Waals surface area (Å²) in [6, 6.07) is 5.21. The summed E-state index contributed by atoms with van der Waals surface area (Å²) in [7, 11) is 0. The average Bonchev–Trinajstić information content (AvgIpc) is 2.17. The van der Waals surface area contributed by atoms with E-state index >= 15 is 0 Å². The zero-order valence-electron chi connectivity index (χ0n) is 7.03. The van der Waals surface area contributed by atoms with Crippen molar-refractivity contribution in [3.8, 4) is 0 Å². The molecule has 0 atom stereocenters. The summed E-state index contributed by atoms with van der Waals surface area (Å²) in [5.74, 6) is -0.877. The van der Waals surface area contributed by atoms with Gasteiger partial charge in [0, 0.05) is 12.6 Å². The molecule has 0 saturated carbocycles. The van der Waals surface area contributed by atoms with Gasteiger partial charge >= 0.3 is 5.97 Å². The molecule has 0 aromatic heterocycles. The lowest BCUT2D eigenvalue weighted by Crippen LogP contribution is -2.04. The summed E-state index contributed by atoms with van der Waals surface area (Å²) in [4.78, 5) is 14.7. The lowest BCUT2D eigenvalue weighted by molar-refractivity contribution is 0.0697. The van der Waals surface area contributed by atoms with Crippen LogP contribution in [0.2, 0.25) is 0 Å². The molecule has 1 aromatic carbocycles. The molecule has 3 nitrogen and oxygen atoms in total. The van der Waals surface area contributed by atoms with E-state index in [-0.39, 0.29) is 0 Å². The predicted molar refractivity (Wildman–Crippen MR) is 49.3 cm³/mol. The van der Waals surface area contributed by atoms with E-state index < -0.39 is 5.97 Å². The summed E-state index contributed by atoms with van der Waals surface area (Å²) in [6.45, 7) is 0.608. The Morgan fingerprint density at radius 1 is 1.38 bits per heavy atom. The molecule has 0 aliphatic carbocycles. The van der Waals surface area contributed by atoms with Crippen LogP contribution in [0.1, 0.15) is 21.5 Å². The molecule has 1 heterocycles. The van der Waals surface area contributed by atoms with Gasteiger partial charge < -0.3 is 5.11 Å². The van der Waals surface area contributed by atoms with Gasteiger partial charge in [0.05, 0.1) is 12.1 Å². The number of nitrogens with zero attached hydrogens (tertiary/aromatic N) is 1. The van der Waals surface area contributed by atoms with Crippen molar-refractivity contribution in [2.45, 2.75) is 13.0 Å². The van der Waals surface area contributed by atoms with Gasteiger partial charge in [-0.1, -0.05) is 6.07 Å². The predicted octanol–water partition coefficient (Wildman–Crippen LogP) is 1.51. The maximum atomic E-state index is 10.6. The van der Waals surface area contributed by atoms with Crippen molar-refractivity contribution in [2.24, 2.45) is 4.99 Å². The highest BCUT2D eigenvalue weighted by atomic mass is 16.4. The molecule has 2 rings (SSSR count). The van der Waals surface area contributed by atoms with Crippen molar-refractivity contribution < 1.29 is 9.90 Å². The summed E-state index contributed by atoms with van der Waals surface area (Å²) in [5.41, 5.74) is 2.55. The van der Waals surface area contributed by atoms with E-state index in [0.29, 0.717) is 12.1 Å². The Hall–Kier alpha value is -1.64. The van der Waals surface area contributed by atoms with Crippen molar-refractivity contribution in [3.05, 3.63) is 34.9 Å². The Balaban J connectivity index is 2.44. The number of carboxylic acid groups (broad SMARTS) is 1. The van der Waals surface area contributed by atoms with Gasteiger partial charge in [-0.3, -0.25) is 4.99 Å². The smallest absolute Gasteiger partial charge is 0.335 e. The highest BCUT2D eigenvalue weighted by molar-refractivity contribution is 5.88. The number of benzene rings is 1. The van der Waals surface area contributed by atoms with E-state index in [1.165, 1.54) is 5.56 Å². The fourth-order valence-corrected chi connectivity index (χ4v) is 1.43. The van der Waals surface area contributed by atoms with Crippen LogP contribution >= 0.6 is 0 Å². The summed E-state index contributed by atoms with van der Waals surface area (Å²) < 4.78 is 0. The van der Waals surface area contributed by atoms with Crippen LogP contribution in [0.15, 0.2) is 23.2 Å². The zero-order valence-corrected chi connectivity index (χ0v) is 7.03. The third kappa shape index (κ3) is 1.45. The number of aliphatic imine (C=N–C) groups is 1. The topological polar surface area (TPSA) is 49.7 Å². The Labute approximate surface area is 75.7 Å². The molecule has 1 aliphatic heterocycles. The summed E-state index contributed by atoms with van der Waals surface area (Å²) in [6.07, 6.45) is 2.68. The highest BCUT2D eigenvalue weighted by Crippen LogP contribution is 2.16. The number of hydrogen-bond donors (Lipinski definition) is 1. The molecule has 1 N–H and O–H groups in total. The van der Waals surface area contributed by atoms with Crippen LogP contribution in [0.5, 0.6) is 0 Å². The van der Waals surface area contributed by atoms with Crippen LogP contribution in [0.4, 0.5) is 0 Å². The van der Waals surface area contributed by atoms with Gasteiger partial charge in [-0.05, 0) is 23.3 Å². The SMILES string of the molecule is O=C(O)c1ccc2c(c1)CN=CC2. The van der Waals surface area contributed by atoms with E-state index in [0.717, 1.165) is 12.0 Å². The Kier molecular flexibility index (Phi) is 1.85. The Morgan fingerprint density at radius 2 is 2.23 bits per heavy atom. The molecular formula is C10H9NO2. The van der Waals surface area contributed by atoms with Crippen molar-refractivity contribution in [1.29, 1.82) is 0 Å². The highest BCUT2D eigenvalue weighted by Gasteiger charge is 2.09. The standard InChI is InChI=1S/C10H9NO2/c12-10(13)8-2-1-7-3-4-11-6-9(7)5-8/h1-2,4-5H,3,6H2,(H,12,13). The van der Waals surface area contributed by atoms with Crippen molar-refractivity contribution in [2.75, 3.05) is 0 Å². The van der Waals surface area contributed by atoms with Crippen LogP contribution in [0.25, 0.3) is 0 Å². The monoisotopic (exact) mass is 175 g/mol. The third-order valence-corrected chi connectivity index (χ3v) is 2.16. The van der Waals surface area contributed by atoms with Gasteiger partial charge in [-0.15, -0.1) is 0 Å². The van der Waals surface area contributed by atoms with Gasteiger partial charge in [-0.2, -0.15) is 0 Å². The molecule has 0 unspecified atom stereocenters. The van der Waals surface area contributed by atoms with Crippen molar-refractivity contribution in [3.63, 3.8) is 0 Å². The normalized spacial score (nSPS) is 13.8. The summed E-state index contributed by atoms with van der Waals surface area (Å²) >= 11 is 0. The zero-order chi connectivity index (χ0) is 9.26. The van der Waals surface area contributed by atoms with E-state index in [4.69, 9.17) is 5.11 Å². The van der Waals surface area contributed by atoms with E-state index in [1.54, 1.807) is 12.1 Å². The van der Waals surface area contributed by atoms with Crippen LogP contribution in [-0.4, -0.2) is 17.3 Å². The third-order valence-electron chi connectivity index (χ3n) is 2.16. The van der Waals surface area contributed by atoms with Gasteiger partial charge in [0.1, 0.15) is 0 Å². The second kappa shape index (κ2) is 3.01. The minimum absolute atomic E-state index is 0.343. The molecule has 3 heteroatoms. The molecular weight excluding hydrogens is 166 g/mol. The van der Waals surface area contributed by atoms with Crippen molar-refractivity contribution in [1.82, 2.24) is 0 Å². The van der Waals surface area contributed by atoms with Gasteiger partial charge in [0.15, 0.2) is 0 Å². The maximum Gasteiger partial charge on any atom is 0.335 e. The average molecular weight is 175 g/mol. The minimum atomic E-state index is -0.877. The van der Waals surface area contributed by atoms with Crippen LogP contribution in [0.3, 0.4) is 0 Å². The Bertz CT molecular complexity index is 383. The lowest BCUT2D eigenvalue weighted by Gasteiger charge is -2.10. The van der Waals surface area contributed by atoms with E-state index in [1.807, 2.05) is 12.3 Å². The number of rotatable bonds is 1. The number of hydrogen-bond acceptors (Lipinski definition) is 2. The first-order valence-electron chi connectivity index (χ1n) is 4.11. The molecule has 0 radical (unpaired) electrons. The molecule has 66 valence electrons. The largest absolute Gasteiger partial charge is 0.478 e. The molecule has 13 heavy (non-hydrogen) atoms. The van der Waals surface area contributed by atoms with Gasteiger partial charge in [0.25, 0.3) is 0 Å². The quantitative estimate of drug-likeness (QED) is 0.703. The first-order valence-corrected chi connectivity index (χ1v) is 4.11. The lowest BCUT2D eigenvalue weighted by atomic mass is 10.0. The second-order valence-corrected chi connectivity index (χ2v) is 3.02. The Morgan fingerprint density at radius 3 is 3.00 bits per heavy atom. The first kappa shape index (κ1) is 7.98. The molecule has 0 fully saturated rings. The molecule has 0 spiro atoms. The number of carboxylic acids is 1. The van der Waals surface area contributed by atoms with Crippen LogP contribution in [0, 0.1) is 0 Å².